The molecule has 0 aliphatic heterocycles. The molecule has 4 heteroatoms. The Bertz CT molecular complexity index is 825. The van der Waals surface area contributed by atoms with Gasteiger partial charge in [0.05, 0.1) is 11.0 Å². The van der Waals surface area contributed by atoms with E-state index in [0.717, 1.165) is 29.2 Å². The maximum absolute atomic E-state index is 11.2. The molecule has 0 spiro atoms. The normalized spacial score (nSPS) is 14.5. The maximum Gasteiger partial charge on any atom is 0.323 e. The first kappa shape index (κ1) is 12.3. The smallest absolute Gasteiger partial charge is 0.323 e. The fourth-order valence-corrected chi connectivity index (χ4v) is 2.67. The zero-order chi connectivity index (χ0) is 14.2. The molecule has 3 aromatic rings. The van der Waals surface area contributed by atoms with Crippen molar-refractivity contribution in [2.45, 2.75) is 25.3 Å². The molecule has 0 saturated heterocycles. The average Bonchev–Trinajstić information content (AvgIpc) is 3.27. The van der Waals surface area contributed by atoms with Crippen molar-refractivity contribution in [3.63, 3.8) is 0 Å². The number of rotatable bonds is 4. The predicted molar refractivity (Wildman–Crippen MR) is 84.7 cm³/mol. The highest BCUT2D eigenvalue weighted by atomic mass is 16.1. The van der Waals surface area contributed by atoms with Gasteiger partial charge < -0.3 is 15.3 Å². The Kier molecular flexibility index (Phi) is 2.81. The Labute approximate surface area is 122 Å². The first-order valence-electron chi connectivity index (χ1n) is 7.33. The summed E-state index contributed by atoms with van der Waals surface area (Å²) >= 11 is 0. The van der Waals surface area contributed by atoms with E-state index in [-0.39, 0.29) is 5.69 Å². The van der Waals surface area contributed by atoms with E-state index < -0.39 is 0 Å². The third-order valence-corrected chi connectivity index (χ3v) is 4.04. The van der Waals surface area contributed by atoms with Gasteiger partial charge in [-0.05, 0) is 48.1 Å². The van der Waals surface area contributed by atoms with Crippen molar-refractivity contribution in [3.8, 4) is 0 Å². The summed E-state index contributed by atoms with van der Waals surface area (Å²) in [7, 11) is 0. The van der Waals surface area contributed by atoms with Crippen LogP contribution < -0.4 is 11.0 Å². The minimum absolute atomic E-state index is 0.169. The Morgan fingerprint density at radius 2 is 1.76 bits per heavy atom. The molecule has 0 atom stereocenters. The van der Waals surface area contributed by atoms with E-state index in [1.807, 2.05) is 18.2 Å². The fraction of sp³-hybridized carbons (Fsp3) is 0.235. The van der Waals surface area contributed by atoms with Gasteiger partial charge in [0, 0.05) is 12.2 Å². The van der Waals surface area contributed by atoms with Crippen molar-refractivity contribution < 1.29 is 0 Å². The Morgan fingerprint density at radius 1 is 1.00 bits per heavy atom. The van der Waals surface area contributed by atoms with E-state index in [1.165, 1.54) is 24.0 Å². The monoisotopic (exact) mass is 279 g/mol. The molecular weight excluding hydrogens is 262 g/mol. The lowest BCUT2D eigenvalue weighted by Gasteiger charge is -2.07. The van der Waals surface area contributed by atoms with Crippen molar-refractivity contribution in [1.29, 1.82) is 0 Å². The molecule has 0 unspecified atom stereocenters. The third-order valence-electron chi connectivity index (χ3n) is 4.04. The van der Waals surface area contributed by atoms with Gasteiger partial charge in [-0.25, -0.2) is 4.79 Å². The van der Waals surface area contributed by atoms with Crippen LogP contribution in [0.1, 0.15) is 29.9 Å². The van der Waals surface area contributed by atoms with E-state index in [0.29, 0.717) is 0 Å². The number of nitrogens with one attached hydrogen (secondary N) is 3. The van der Waals surface area contributed by atoms with E-state index in [1.54, 1.807) is 0 Å². The Morgan fingerprint density at radius 3 is 2.52 bits per heavy atom. The van der Waals surface area contributed by atoms with Crippen LogP contribution in [0, 0.1) is 0 Å². The zero-order valence-electron chi connectivity index (χ0n) is 11.6. The van der Waals surface area contributed by atoms with Crippen LogP contribution >= 0.6 is 0 Å². The van der Waals surface area contributed by atoms with Crippen LogP contribution in [0.5, 0.6) is 0 Å². The lowest BCUT2D eigenvalue weighted by molar-refractivity contribution is 1.10. The molecule has 1 aliphatic carbocycles. The molecule has 21 heavy (non-hydrogen) atoms. The zero-order valence-corrected chi connectivity index (χ0v) is 11.6. The minimum atomic E-state index is -0.169. The quantitative estimate of drug-likeness (QED) is 0.686. The number of hydrogen-bond acceptors (Lipinski definition) is 2. The summed E-state index contributed by atoms with van der Waals surface area (Å²) in [5, 5.41) is 3.39. The van der Waals surface area contributed by atoms with E-state index in [4.69, 9.17) is 0 Å². The number of fused-ring (bicyclic) bond motifs is 1. The van der Waals surface area contributed by atoms with Crippen LogP contribution in [-0.4, -0.2) is 9.97 Å². The molecule has 4 rings (SSSR count). The number of H-pyrrole nitrogens is 2. The molecule has 0 bridgehead atoms. The first-order valence-corrected chi connectivity index (χ1v) is 7.33. The fourth-order valence-electron chi connectivity index (χ4n) is 2.67. The van der Waals surface area contributed by atoms with Gasteiger partial charge in [-0.15, -0.1) is 0 Å². The summed E-state index contributed by atoms with van der Waals surface area (Å²) in [6.45, 7) is 0.783. The van der Waals surface area contributed by atoms with Crippen LogP contribution in [0.25, 0.3) is 11.0 Å². The van der Waals surface area contributed by atoms with Crippen LogP contribution in [-0.2, 0) is 6.54 Å². The second-order valence-electron chi connectivity index (χ2n) is 5.71. The maximum atomic E-state index is 11.2. The molecule has 2 aromatic carbocycles. The number of benzene rings is 2. The van der Waals surface area contributed by atoms with Crippen LogP contribution in [0.2, 0.25) is 0 Å². The molecule has 0 amide bonds. The third kappa shape index (κ3) is 2.57. The second kappa shape index (κ2) is 4.81. The molecule has 106 valence electrons. The molecule has 1 aliphatic rings. The Balaban J connectivity index is 1.47. The summed E-state index contributed by atoms with van der Waals surface area (Å²) in [6, 6.07) is 14.7. The summed E-state index contributed by atoms with van der Waals surface area (Å²) < 4.78 is 0. The molecule has 4 nitrogen and oxygen atoms in total. The molecule has 1 aromatic heterocycles. The van der Waals surface area contributed by atoms with Gasteiger partial charge in [0.2, 0.25) is 0 Å². The van der Waals surface area contributed by atoms with Crippen molar-refractivity contribution in [2.24, 2.45) is 0 Å². The van der Waals surface area contributed by atoms with Gasteiger partial charge in [0.1, 0.15) is 0 Å². The van der Waals surface area contributed by atoms with E-state index in [9.17, 15) is 4.79 Å². The number of anilines is 1. The van der Waals surface area contributed by atoms with Gasteiger partial charge in [-0.3, -0.25) is 0 Å². The predicted octanol–water partition coefficient (Wildman–Crippen LogP) is 3.35. The lowest BCUT2D eigenvalue weighted by Crippen LogP contribution is -1.99. The van der Waals surface area contributed by atoms with Crippen LogP contribution in [0.3, 0.4) is 0 Å². The summed E-state index contributed by atoms with van der Waals surface area (Å²) in [6.07, 6.45) is 2.68. The molecular formula is C17H17N3O. The topological polar surface area (TPSA) is 60.7 Å². The van der Waals surface area contributed by atoms with Crippen molar-refractivity contribution >= 4 is 16.7 Å². The highest BCUT2D eigenvalue weighted by Gasteiger charge is 2.22. The first-order chi connectivity index (χ1) is 10.3. The number of aromatic amines is 2. The van der Waals surface area contributed by atoms with Gasteiger partial charge in [-0.2, -0.15) is 0 Å². The molecule has 1 saturated carbocycles. The highest BCUT2D eigenvalue weighted by molar-refractivity contribution is 5.78. The van der Waals surface area contributed by atoms with Crippen LogP contribution in [0.4, 0.5) is 5.69 Å². The van der Waals surface area contributed by atoms with Gasteiger partial charge in [-0.1, -0.05) is 24.3 Å². The molecule has 1 heterocycles. The standard InChI is InChI=1S/C17H17N3O/c21-17-19-15-8-7-14(9-16(15)20-17)18-10-11-1-3-12(4-2-11)13-5-6-13/h1-4,7-9,13,18H,5-6,10H2,(H2,19,20,21). The summed E-state index contributed by atoms with van der Waals surface area (Å²) in [5.74, 6) is 0.805. The average molecular weight is 279 g/mol. The largest absolute Gasteiger partial charge is 0.381 e. The van der Waals surface area contributed by atoms with Gasteiger partial charge in [0.15, 0.2) is 0 Å². The van der Waals surface area contributed by atoms with E-state index >= 15 is 0 Å². The second-order valence-corrected chi connectivity index (χ2v) is 5.71. The Hall–Kier alpha value is -2.49. The van der Waals surface area contributed by atoms with Gasteiger partial charge >= 0.3 is 5.69 Å². The summed E-state index contributed by atoms with van der Waals surface area (Å²) in [5.41, 5.74) is 5.22. The minimum Gasteiger partial charge on any atom is -0.381 e. The van der Waals surface area contributed by atoms with Crippen molar-refractivity contribution in [3.05, 3.63) is 64.1 Å². The summed E-state index contributed by atoms with van der Waals surface area (Å²) in [4.78, 5) is 16.8. The van der Waals surface area contributed by atoms with Crippen molar-refractivity contribution in [1.82, 2.24) is 9.97 Å². The molecule has 3 N–H and O–H groups in total. The number of aromatic nitrogens is 2. The van der Waals surface area contributed by atoms with E-state index in [2.05, 4.69) is 39.6 Å². The lowest BCUT2D eigenvalue weighted by atomic mass is 10.1. The highest BCUT2D eigenvalue weighted by Crippen LogP contribution is 2.39. The number of imidazole rings is 1. The molecule has 0 radical (unpaired) electrons. The van der Waals surface area contributed by atoms with Crippen molar-refractivity contribution in [2.75, 3.05) is 5.32 Å². The SMILES string of the molecule is O=c1[nH]c2ccc(NCc3ccc(C4CC4)cc3)cc2[nH]1. The van der Waals surface area contributed by atoms with Gasteiger partial charge in [0.25, 0.3) is 0 Å². The number of hydrogen-bond donors (Lipinski definition) is 3. The van der Waals surface area contributed by atoms with Crippen LogP contribution in [0.15, 0.2) is 47.3 Å². The molecule has 1 fully saturated rings.